The molecule has 9 nitrogen and oxygen atoms in total. The van der Waals surface area contributed by atoms with Gasteiger partial charge < -0.3 is 0 Å². The Bertz CT molecular complexity index is 256. The predicted molar refractivity (Wildman–Crippen MR) is 61.0 cm³/mol. The van der Waals surface area contributed by atoms with E-state index in [-0.39, 0.29) is 13.1 Å². The van der Waals surface area contributed by atoms with Crippen molar-refractivity contribution < 1.29 is 9.59 Å². The summed E-state index contributed by atoms with van der Waals surface area (Å²) in [5.41, 5.74) is 4.87. The predicted octanol–water partition coefficient (Wildman–Crippen LogP) is -1.84. The molecule has 0 aliphatic rings. The van der Waals surface area contributed by atoms with Crippen LogP contribution in [0.25, 0.3) is 0 Å². The number of nitrogens with zero attached hydrogens (tertiary/aromatic N) is 4. The first kappa shape index (κ1) is 15.3. The monoisotopic (exact) mass is 246 g/mol. The molecule has 0 aromatic carbocycles. The summed E-state index contributed by atoms with van der Waals surface area (Å²) < 4.78 is 0. The van der Waals surface area contributed by atoms with Crippen molar-refractivity contribution in [2.75, 3.05) is 41.3 Å². The van der Waals surface area contributed by atoms with Crippen molar-refractivity contribution in [1.82, 2.24) is 25.9 Å². The molecule has 0 unspecified atom stereocenters. The third-order valence-electron chi connectivity index (χ3n) is 1.46. The molecular formula is C8H18N6O3. The molecule has 0 bridgehead atoms. The number of hydrogen-bond donors (Lipinski definition) is 2. The van der Waals surface area contributed by atoms with Gasteiger partial charge in [0.2, 0.25) is 0 Å². The first-order chi connectivity index (χ1) is 7.85. The molecular weight excluding hydrogens is 228 g/mol. The van der Waals surface area contributed by atoms with Gasteiger partial charge in [0.1, 0.15) is 13.1 Å². The highest BCUT2D eigenvalue weighted by molar-refractivity contribution is 5.80. The SMILES string of the molecule is CN(C)NC(=O)CN(CC(=O)NN(C)C)N=O. The lowest BCUT2D eigenvalue weighted by molar-refractivity contribution is -0.129. The fourth-order valence-corrected chi connectivity index (χ4v) is 1.01. The van der Waals surface area contributed by atoms with Gasteiger partial charge in [-0.3, -0.25) is 20.4 Å². The summed E-state index contributed by atoms with van der Waals surface area (Å²) in [7, 11) is 6.54. The highest BCUT2D eigenvalue weighted by Crippen LogP contribution is 1.89. The summed E-state index contributed by atoms with van der Waals surface area (Å²) in [5.74, 6) is -0.848. The third-order valence-corrected chi connectivity index (χ3v) is 1.46. The van der Waals surface area contributed by atoms with Crippen LogP contribution in [0.4, 0.5) is 0 Å². The van der Waals surface area contributed by atoms with Crippen LogP contribution < -0.4 is 10.9 Å². The zero-order valence-corrected chi connectivity index (χ0v) is 10.4. The summed E-state index contributed by atoms with van der Waals surface area (Å²) >= 11 is 0. The number of rotatable bonds is 7. The number of hydrazine groups is 2. The van der Waals surface area contributed by atoms with Crippen molar-refractivity contribution in [3.05, 3.63) is 4.91 Å². The molecule has 0 atom stereocenters. The van der Waals surface area contributed by atoms with Gasteiger partial charge in [-0.15, -0.1) is 4.91 Å². The maximum Gasteiger partial charge on any atom is 0.255 e. The van der Waals surface area contributed by atoms with Gasteiger partial charge >= 0.3 is 0 Å². The van der Waals surface area contributed by atoms with Crippen LogP contribution in [0.15, 0.2) is 5.29 Å². The van der Waals surface area contributed by atoms with Gasteiger partial charge in [0.05, 0.1) is 5.29 Å². The molecule has 0 rings (SSSR count). The molecule has 17 heavy (non-hydrogen) atoms. The van der Waals surface area contributed by atoms with E-state index in [4.69, 9.17) is 0 Å². The van der Waals surface area contributed by atoms with Gasteiger partial charge in [0, 0.05) is 28.2 Å². The first-order valence-corrected chi connectivity index (χ1v) is 4.87. The van der Waals surface area contributed by atoms with E-state index in [1.165, 1.54) is 10.0 Å². The Morgan fingerprint density at radius 1 is 0.941 bits per heavy atom. The van der Waals surface area contributed by atoms with E-state index >= 15 is 0 Å². The van der Waals surface area contributed by atoms with E-state index in [2.05, 4.69) is 16.1 Å². The Hall–Kier alpha value is -1.74. The van der Waals surface area contributed by atoms with Gasteiger partial charge in [-0.25, -0.2) is 15.0 Å². The van der Waals surface area contributed by atoms with Crippen molar-refractivity contribution in [3.63, 3.8) is 0 Å². The lowest BCUT2D eigenvalue weighted by atomic mass is 10.5. The van der Waals surface area contributed by atoms with Gasteiger partial charge in [-0.1, -0.05) is 0 Å². The quantitative estimate of drug-likeness (QED) is 0.404. The molecule has 0 aliphatic carbocycles. The van der Waals surface area contributed by atoms with Gasteiger partial charge in [-0.2, -0.15) is 0 Å². The normalized spacial score (nSPS) is 10.2. The van der Waals surface area contributed by atoms with Crippen molar-refractivity contribution in [2.24, 2.45) is 5.29 Å². The smallest absolute Gasteiger partial charge is 0.255 e. The van der Waals surface area contributed by atoms with Crippen LogP contribution in [0, 0.1) is 4.91 Å². The fraction of sp³-hybridized carbons (Fsp3) is 0.750. The Morgan fingerprint density at radius 2 is 1.29 bits per heavy atom. The summed E-state index contributed by atoms with van der Waals surface area (Å²) in [6.45, 7) is -0.551. The van der Waals surface area contributed by atoms with E-state index in [1.54, 1.807) is 28.2 Å². The van der Waals surface area contributed by atoms with Crippen LogP contribution in [0.2, 0.25) is 0 Å². The Balaban J connectivity index is 4.11. The third kappa shape index (κ3) is 8.11. The molecule has 0 aromatic rings. The second kappa shape index (κ2) is 7.52. The van der Waals surface area contributed by atoms with Gasteiger partial charge in [0.15, 0.2) is 0 Å². The zero-order valence-electron chi connectivity index (χ0n) is 10.4. The maximum absolute atomic E-state index is 11.3. The largest absolute Gasteiger partial charge is 0.288 e. The van der Waals surface area contributed by atoms with E-state index in [1.807, 2.05) is 0 Å². The fourth-order valence-electron chi connectivity index (χ4n) is 1.01. The van der Waals surface area contributed by atoms with E-state index in [0.717, 1.165) is 5.01 Å². The molecule has 2 amide bonds. The van der Waals surface area contributed by atoms with Crippen molar-refractivity contribution in [1.29, 1.82) is 0 Å². The first-order valence-electron chi connectivity index (χ1n) is 4.87. The second-order valence-electron chi connectivity index (χ2n) is 3.76. The van der Waals surface area contributed by atoms with Crippen LogP contribution in [0.3, 0.4) is 0 Å². The van der Waals surface area contributed by atoms with Crippen molar-refractivity contribution >= 4 is 11.8 Å². The van der Waals surface area contributed by atoms with Crippen molar-refractivity contribution in [2.45, 2.75) is 0 Å². The summed E-state index contributed by atoms with van der Waals surface area (Å²) in [6, 6.07) is 0. The number of carbonyl (C=O) groups is 2. The van der Waals surface area contributed by atoms with E-state index in [9.17, 15) is 14.5 Å². The molecule has 9 heteroatoms. The minimum atomic E-state index is -0.424. The highest BCUT2D eigenvalue weighted by atomic mass is 16.3. The minimum Gasteiger partial charge on any atom is -0.288 e. The summed E-state index contributed by atoms with van der Waals surface area (Å²) in [5, 5.41) is 6.31. The molecule has 0 spiro atoms. The molecule has 0 saturated carbocycles. The molecule has 2 N–H and O–H groups in total. The zero-order chi connectivity index (χ0) is 13.4. The molecule has 0 aromatic heterocycles. The lowest BCUT2D eigenvalue weighted by Gasteiger charge is -2.18. The number of nitrogens with one attached hydrogen (secondary N) is 2. The number of nitroso groups, excluding NO2 is 1. The van der Waals surface area contributed by atoms with Crippen LogP contribution >= 0.6 is 0 Å². The molecule has 0 fully saturated rings. The van der Waals surface area contributed by atoms with Crippen LogP contribution in [0.1, 0.15) is 0 Å². The number of amides is 2. The molecule has 0 aliphatic heterocycles. The summed E-state index contributed by atoms with van der Waals surface area (Å²) in [6.07, 6.45) is 0. The van der Waals surface area contributed by atoms with Gasteiger partial charge in [-0.05, 0) is 0 Å². The maximum atomic E-state index is 11.3. The van der Waals surface area contributed by atoms with Crippen LogP contribution in [-0.2, 0) is 9.59 Å². The van der Waals surface area contributed by atoms with Crippen molar-refractivity contribution in [3.8, 4) is 0 Å². The standard InChI is InChI=1S/C8H18N6O3/c1-12(2)9-7(15)5-14(11-17)6-8(16)10-13(3)4/h5-6H2,1-4H3,(H,9,15)(H,10,16). The summed E-state index contributed by atoms with van der Waals surface area (Å²) in [4.78, 5) is 33.0. The molecule has 0 radical (unpaired) electrons. The lowest BCUT2D eigenvalue weighted by Crippen LogP contribution is -2.46. The molecule has 98 valence electrons. The average Bonchev–Trinajstić information content (AvgIpc) is 2.13. The minimum absolute atomic E-state index is 0.275. The van der Waals surface area contributed by atoms with E-state index in [0.29, 0.717) is 0 Å². The Morgan fingerprint density at radius 3 is 1.53 bits per heavy atom. The number of hydrogen-bond acceptors (Lipinski definition) is 6. The topological polar surface area (TPSA) is 97.3 Å². The second-order valence-corrected chi connectivity index (χ2v) is 3.76. The molecule has 0 saturated heterocycles. The number of carbonyl (C=O) groups excluding carboxylic acids is 2. The highest BCUT2D eigenvalue weighted by Gasteiger charge is 2.14. The Labute approximate surface area is 99.6 Å². The van der Waals surface area contributed by atoms with Gasteiger partial charge in [0.25, 0.3) is 11.8 Å². The molecule has 0 heterocycles. The van der Waals surface area contributed by atoms with E-state index < -0.39 is 11.8 Å². The average molecular weight is 246 g/mol. The Kier molecular flexibility index (Phi) is 6.75. The van der Waals surface area contributed by atoms with Crippen LogP contribution in [0.5, 0.6) is 0 Å². The van der Waals surface area contributed by atoms with Crippen LogP contribution in [-0.4, -0.2) is 68.1 Å².